The average Bonchev–Trinajstić information content (AvgIpc) is 2.95. The standard InChI is InChI=1S/C18H29BrN2/c1-4-18(5-2)10-11-21(14-18)17(3,13-20)12-15-6-8-16(19)9-7-15/h6-9H,4-5,10-14,20H2,1-3H3. The lowest BCUT2D eigenvalue weighted by molar-refractivity contribution is 0.118. The summed E-state index contributed by atoms with van der Waals surface area (Å²) in [6.45, 7) is 10.1. The van der Waals surface area contributed by atoms with Crippen molar-refractivity contribution in [3.63, 3.8) is 0 Å². The Morgan fingerprint density at radius 2 is 1.86 bits per heavy atom. The van der Waals surface area contributed by atoms with E-state index >= 15 is 0 Å². The van der Waals surface area contributed by atoms with Crippen LogP contribution in [0.2, 0.25) is 0 Å². The van der Waals surface area contributed by atoms with Gasteiger partial charge < -0.3 is 5.73 Å². The van der Waals surface area contributed by atoms with Crippen LogP contribution in [0.4, 0.5) is 0 Å². The Balaban J connectivity index is 2.12. The van der Waals surface area contributed by atoms with Crippen molar-refractivity contribution in [2.45, 2.75) is 52.0 Å². The van der Waals surface area contributed by atoms with Gasteiger partial charge in [0.25, 0.3) is 0 Å². The molecule has 1 aromatic rings. The molecule has 0 saturated carbocycles. The highest BCUT2D eigenvalue weighted by atomic mass is 79.9. The Morgan fingerprint density at radius 3 is 2.33 bits per heavy atom. The van der Waals surface area contributed by atoms with Gasteiger partial charge in [-0.1, -0.05) is 41.9 Å². The first-order valence-corrected chi connectivity index (χ1v) is 8.96. The summed E-state index contributed by atoms with van der Waals surface area (Å²) < 4.78 is 1.14. The number of rotatable bonds is 6. The van der Waals surface area contributed by atoms with Crippen LogP contribution < -0.4 is 5.73 Å². The van der Waals surface area contributed by atoms with Crippen LogP contribution in [-0.2, 0) is 6.42 Å². The highest BCUT2D eigenvalue weighted by molar-refractivity contribution is 9.10. The summed E-state index contributed by atoms with van der Waals surface area (Å²) in [6, 6.07) is 8.67. The minimum absolute atomic E-state index is 0.0694. The lowest BCUT2D eigenvalue weighted by Crippen LogP contribution is -2.52. The molecule has 1 aliphatic rings. The number of nitrogens with two attached hydrogens (primary N) is 1. The molecule has 1 atom stereocenters. The van der Waals surface area contributed by atoms with Gasteiger partial charge in [0.2, 0.25) is 0 Å². The zero-order valence-electron chi connectivity index (χ0n) is 13.7. The molecule has 2 rings (SSSR count). The summed E-state index contributed by atoms with van der Waals surface area (Å²) in [6.07, 6.45) is 4.90. The van der Waals surface area contributed by atoms with Crippen LogP contribution in [0.1, 0.15) is 45.6 Å². The first kappa shape index (κ1) is 17.0. The van der Waals surface area contributed by atoms with E-state index in [-0.39, 0.29) is 5.54 Å². The molecule has 21 heavy (non-hydrogen) atoms. The monoisotopic (exact) mass is 352 g/mol. The summed E-state index contributed by atoms with van der Waals surface area (Å²) >= 11 is 3.51. The van der Waals surface area contributed by atoms with Gasteiger partial charge in [0.15, 0.2) is 0 Å². The molecule has 1 fully saturated rings. The molecule has 0 bridgehead atoms. The van der Waals surface area contributed by atoms with E-state index in [0.29, 0.717) is 12.0 Å². The van der Waals surface area contributed by atoms with Gasteiger partial charge in [-0.25, -0.2) is 0 Å². The van der Waals surface area contributed by atoms with Crippen molar-refractivity contribution in [3.05, 3.63) is 34.3 Å². The number of hydrogen-bond acceptors (Lipinski definition) is 2. The van der Waals surface area contributed by atoms with Crippen molar-refractivity contribution < 1.29 is 0 Å². The number of halogens is 1. The summed E-state index contributed by atoms with van der Waals surface area (Å²) in [5, 5.41) is 0. The molecular weight excluding hydrogens is 324 g/mol. The number of nitrogens with zero attached hydrogens (tertiary/aromatic N) is 1. The van der Waals surface area contributed by atoms with E-state index in [1.54, 1.807) is 0 Å². The predicted octanol–water partition coefficient (Wildman–Crippen LogP) is 4.22. The fourth-order valence-corrected chi connectivity index (χ4v) is 3.84. The van der Waals surface area contributed by atoms with E-state index in [4.69, 9.17) is 5.73 Å². The lowest BCUT2D eigenvalue weighted by atomic mass is 9.81. The molecule has 0 amide bonds. The molecule has 2 N–H and O–H groups in total. The van der Waals surface area contributed by atoms with Gasteiger partial charge in [0.05, 0.1) is 0 Å². The van der Waals surface area contributed by atoms with Gasteiger partial charge in [-0.2, -0.15) is 0 Å². The van der Waals surface area contributed by atoms with Gasteiger partial charge in [0.1, 0.15) is 0 Å². The topological polar surface area (TPSA) is 29.3 Å². The van der Waals surface area contributed by atoms with E-state index < -0.39 is 0 Å². The van der Waals surface area contributed by atoms with Crippen LogP contribution in [0, 0.1) is 5.41 Å². The minimum Gasteiger partial charge on any atom is -0.329 e. The molecule has 1 aromatic carbocycles. The molecular formula is C18H29BrN2. The van der Waals surface area contributed by atoms with Crippen molar-refractivity contribution >= 4 is 15.9 Å². The summed E-state index contributed by atoms with van der Waals surface area (Å²) in [4.78, 5) is 2.64. The average molecular weight is 353 g/mol. The maximum absolute atomic E-state index is 6.19. The molecule has 0 aliphatic carbocycles. The van der Waals surface area contributed by atoms with Gasteiger partial charge in [-0.05, 0) is 62.3 Å². The van der Waals surface area contributed by atoms with Crippen LogP contribution in [0.25, 0.3) is 0 Å². The van der Waals surface area contributed by atoms with Crippen molar-refractivity contribution in [2.75, 3.05) is 19.6 Å². The van der Waals surface area contributed by atoms with E-state index in [1.807, 2.05) is 0 Å². The third-order valence-electron chi connectivity index (χ3n) is 5.64. The molecule has 118 valence electrons. The maximum Gasteiger partial charge on any atom is 0.0344 e. The normalized spacial score (nSPS) is 21.4. The second kappa shape index (κ2) is 6.80. The molecule has 1 heterocycles. The van der Waals surface area contributed by atoms with Crippen molar-refractivity contribution in [2.24, 2.45) is 11.1 Å². The van der Waals surface area contributed by atoms with E-state index in [1.165, 1.54) is 37.9 Å². The minimum atomic E-state index is 0.0694. The third-order valence-corrected chi connectivity index (χ3v) is 6.17. The smallest absolute Gasteiger partial charge is 0.0344 e. The predicted molar refractivity (Wildman–Crippen MR) is 94.5 cm³/mol. The molecule has 1 aliphatic heterocycles. The number of benzene rings is 1. The van der Waals surface area contributed by atoms with Crippen LogP contribution in [0.5, 0.6) is 0 Å². The Morgan fingerprint density at radius 1 is 1.24 bits per heavy atom. The summed E-state index contributed by atoms with van der Waals surface area (Å²) in [7, 11) is 0. The van der Waals surface area contributed by atoms with Crippen molar-refractivity contribution in [1.29, 1.82) is 0 Å². The Labute approximate surface area is 138 Å². The third kappa shape index (κ3) is 3.69. The zero-order valence-corrected chi connectivity index (χ0v) is 15.2. The Kier molecular flexibility index (Phi) is 5.50. The van der Waals surface area contributed by atoms with Gasteiger partial charge in [-0.15, -0.1) is 0 Å². The van der Waals surface area contributed by atoms with E-state index in [0.717, 1.165) is 10.9 Å². The Bertz CT molecular complexity index is 453. The number of likely N-dealkylation sites (tertiary alicyclic amines) is 1. The van der Waals surface area contributed by atoms with Gasteiger partial charge in [-0.3, -0.25) is 4.90 Å². The molecule has 1 unspecified atom stereocenters. The summed E-state index contributed by atoms with van der Waals surface area (Å²) in [5.74, 6) is 0. The van der Waals surface area contributed by atoms with Crippen LogP contribution in [-0.4, -0.2) is 30.1 Å². The maximum atomic E-state index is 6.19. The van der Waals surface area contributed by atoms with Crippen molar-refractivity contribution in [3.8, 4) is 0 Å². The van der Waals surface area contributed by atoms with Crippen LogP contribution in [0.3, 0.4) is 0 Å². The van der Waals surface area contributed by atoms with E-state index in [9.17, 15) is 0 Å². The highest BCUT2D eigenvalue weighted by Crippen LogP contribution is 2.40. The van der Waals surface area contributed by atoms with E-state index in [2.05, 4.69) is 65.9 Å². The first-order valence-electron chi connectivity index (χ1n) is 8.16. The molecule has 3 heteroatoms. The Hall–Kier alpha value is -0.380. The summed E-state index contributed by atoms with van der Waals surface area (Å²) in [5.41, 5.74) is 8.14. The fourth-order valence-electron chi connectivity index (χ4n) is 3.58. The zero-order chi connectivity index (χ0) is 15.5. The van der Waals surface area contributed by atoms with Crippen molar-refractivity contribution in [1.82, 2.24) is 4.90 Å². The second-order valence-corrected chi connectivity index (χ2v) is 7.80. The van der Waals surface area contributed by atoms with Crippen LogP contribution >= 0.6 is 15.9 Å². The van der Waals surface area contributed by atoms with Crippen LogP contribution in [0.15, 0.2) is 28.7 Å². The first-order chi connectivity index (χ1) is 9.97. The molecule has 2 nitrogen and oxygen atoms in total. The highest BCUT2D eigenvalue weighted by Gasteiger charge is 2.42. The molecule has 0 aromatic heterocycles. The second-order valence-electron chi connectivity index (χ2n) is 6.88. The van der Waals surface area contributed by atoms with Gasteiger partial charge in [0, 0.05) is 23.1 Å². The largest absolute Gasteiger partial charge is 0.329 e. The van der Waals surface area contributed by atoms with Gasteiger partial charge >= 0.3 is 0 Å². The quantitative estimate of drug-likeness (QED) is 0.830. The molecule has 1 saturated heterocycles. The lowest BCUT2D eigenvalue weighted by Gasteiger charge is -2.40. The SMILES string of the molecule is CCC1(CC)CCN(C(C)(CN)Cc2ccc(Br)cc2)C1. The molecule has 0 radical (unpaired) electrons. The fraction of sp³-hybridized carbons (Fsp3) is 0.667. The molecule has 0 spiro atoms. The number of hydrogen-bond donors (Lipinski definition) is 1.